The first-order valence-electron chi connectivity index (χ1n) is 7.89. The minimum atomic E-state index is -0.371. The third-order valence-corrected chi connectivity index (χ3v) is 4.96. The van der Waals surface area contributed by atoms with E-state index in [1.165, 1.54) is 16.7 Å². The maximum absolute atomic E-state index is 13.0. The van der Waals surface area contributed by atoms with Crippen LogP contribution in [0.2, 0.25) is 0 Å². The van der Waals surface area contributed by atoms with Crippen LogP contribution in [0.5, 0.6) is 0 Å². The maximum atomic E-state index is 13.0. The fourth-order valence-electron chi connectivity index (χ4n) is 3.41. The molecule has 22 heavy (non-hydrogen) atoms. The van der Waals surface area contributed by atoms with Gasteiger partial charge in [0.2, 0.25) is 0 Å². The number of carbonyl (C=O) groups is 1. The number of benzene rings is 2. The van der Waals surface area contributed by atoms with Crippen molar-refractivity contribution >= 4 is 11.9 Å². The maximum Gasteiger partial charge on any atom is 0.169 e. The summed E-state index contributed by atoms with van der Waals surface area (Å²) in [5, 5.41) is 0. The number of Topliss-reactive ketones (excluding diaryl/α,β-unsaturated/α-hetero) is 1. The van der Waals surface area contributed by atoms with Crippen LogP contribution in [-0.2, 0) is 10.2 Å². The summed E-state index contributed by atoms with van der Waals surface area (Å²) >= 11 is 0. The number of carbonyl (C=O) groups excluding carboxylic acids is 1. The van der Waals surface area contributed by atoms with Crippen LogP contribution in [0.15, 0.2) is 54.1 Å². The number of aryl methyl sites for hydroxylation is 2. The molecule has 3 rings (SSSR count). The molecule has 0 aromatic heterocycles. The number of rotatable bonds is 2. The van der Waals surface area contributed by atoms with Crippen LogP contribution in [-0.4, -0.2) is 5.78 Å². The van der Waals surface area contributed by atoms with E-state index in [1.807, 2.05) is 18.2 Å². The Morgan fingerprint density at radius 3 is 2.23 bits per heavy atom. The van der Waals surface area contributed by atoms with Gasteiger partial charge in [0.25, 0.3) is 0 Å². The predicted octanol–water partition coefficient (Wildman–Crippen LogP) is 5.01. The summed E-state index contributed by atoms with van der Waals surface area (Å²) in [7, 11) is 0. The Kier molecular flexibility index (Phi) is 3.74. The molecule has 0 N–H and O–H groups in total. The lowest BCUT2D eigenvalue weighted by Crippen LogP contribution is -2.27. The summed E-state index contributed by atoms with van der Waals surface area (Å²) in [6, 6.07) is 16.4. The molecule has 0 heterocycles. The molecule has 1 aliphatic rings. The average Bonchev–Trinajstić information content (AvgIpc) is 2.81. The number of allylic oxidation sites excluding steroid dienone is 1. The van der Waals surface area contributed by atoms with Gasteiger partial charge in [0.1, 0.15) is 0 Å². The largest absolute Gasteiger partial charge is 0.294 e. The van der Waals surface area contributed by atoms with E-state index in [9.17, 15) is 4.79 Å². The van der Waals surface area contributed by atoms with E-state index in [-0.39, 0.29) is 11.2 Å². The summed E-state index contributed by atoms with van der Waals surface area (Å²) in [5.41, 5.74) is 5.38. The lowest BCUT2D eigenvalue weighted by Gasteiger charge is -2.22. The molecular formula is C21H22O. The fraction of sp³-hybridized carbons (Fsp3) is 0.286. The molecule has 0 amide bonds. The Morgan fingerprint density at radius 1 is 0.955 bits per heavy atom. The Labute approximate surface area is 132 Å². The van der Waals surface area contributed by atoms with Gasteiger partial charge in [-0.3, -0.25) is 4.79 Å². The SMILES string of the molecule is Cc1cccc(C)c1/C=C1\CCC(C)(c2ccccc2)C1=O. The standard InChI is InChI=1S/C21H22O/c1-15-8-7-9-16(2)19(15)14-17-12-13-21(3,20(17)22)18-10-5-4-6-11-18/h4-11,14H,12-13H2,1-3H3/b17-14+. The van der Waals surface area contributed by atoms with E-state index >= 15 is 0 Å². The molecule has 1 atom stereocenters. The van der Waals surface area contributed by atoms with Crippen LogP contribution in [0.4, 0.5) is 0 Å². The molecule has 2 aromatic rings. The fourth-order valence-corrected chi connectivity index (χ4v) is 3.41. The second-order valence-electron chi connectivity index (χ2n) is 6.50. The lowest BCUT2D eigenvalue weighted by atomic mass is 9.80. The average molecular weight is 290 g/mol. The Bertz CT molecular complexity index is 720. The van der Waals surface area contributed by atoms with Crippen molar-refractivity contribution in [3.05, 3.63) is 76.4 Å². The Hall–Kier alpha value is -2.15. The van der Waals surface area contributed by atoms with E-state index in [0.29, 0.717) is 0 Å². The molecule has 0 aliphatic heterocycles. The van der Waals surface area contributed by atoms with Crippen molar-refractivity contribution < 1.29 is 4.79 Å². The first-order valence-corrected chi connectivity index (χ1v) is 7.89. The second kappa shape index (κ2) is 5.57. The van der Waals surface area contributed by atoms with Crippen LogP contribution in [0, 0.1) is 13.8 Å². The minimum absolute atomic E-state index is 0.279. The van der Waals surface area contributed by atoms with E-state index in [4.69, 9.17) is 0 Å². The predicted molar refractivity (Wildman–Crippen MR) is 91.9 cm³/mol. The monoisotopic (exact) mass is 290 g/mol. The summed E-state index contributed by atoms with van der Waals surface area (Å²) in [5.74, 6) is 0.279. The number of hydrogen-bond acceptors (Lipinski definition) is 1. The molecule has 112 valence electrons. The molecule has 1 fully saturated rings. The zero-order valence-corrected chi connectivity index (χ0v) is 13.5. The Balaban J connectivity index is 1.99. The van der Waals surface area contributed by atoms with E-state index in [1.54, 1.807) is 0 Å². The van der Waals surface area contributed by atoms with Crippen LogP contribution in [0.3, 0.4) is 0 Å². The van der Waals surface area contributed by atoms with E-state index < -0.39 is 0 Å². The van der Waals surface area contributed by atoms with Gasteiger partial charge in [-0.1, -0.05) is 48.5 Å². The normalized spacial score (nSPS) is 23.2. The smallest absolute Gasteiger partial charge is 0.169 e. The molecule has 0 saturated heterocycles. The van der Waals surface area contributed by atoms with Gasteiger partial charge in [-0.05, 0) is 67.5 Å². The van der Waals surface area contributed by atoms with Gasteiger partial charge < -0.3 is 0 Å². The van der Waals surface area contributed by atoms with Gasteiger partial charge in [0.05, 0.1) is 5.41 Å². The molecule has 1 unspecified atom stereocenters. The highest BCUT2D eigenvalue weighted by Gasteiger charge is 2.41. The highest BCUT2D eigenvalue weighted by atomic mass is 16.1. The molecule has 1 nitrogen and oxygen atoms in total. The topological polar surface area (TPSA) is 17.1 Å². The van der Waals surface area contributed by atoms with E-state index in [2.05, 4.69) is 57.2 Å². The molecule has 1 heteroatoms. The van der Waals surface area contributed by atoms with Crippen molar-refractivity contribution in [3.8, 4) is 0 Å². The first-order chi connectivity index (χ1) is 10.5. The summed E-state index contributed by atoms with van der Waals surface area (Å²) < 4.78 is 0. The van der Waals surface area contributed by atoms with Gasteiger partial charge in [-0.25, -0.2) is 0 Å². The van der Waals surface area contributed by atoms with Crippen molar-refractivity contribution in [1.29, 1.82) is 0 Å². The highest BCUT2D eigenvalue weighted by molar-refractivity contribution is 6.08. The molecule has 2 aromatic carbocycles. The van der Waals surface area contributed by atoms with Crippen LogP contribution in [0.25, 0.3) is 6.08 Å². The van der Waals surface area contributed by atoms with Gasteiger partial charge in [0, 0.05) is 0 Å². The van der Waals surface area contributed by atoms with Crippen molar-refractivity contribution in [1.82, 2.24) is 0 Å². The quantitative estimate of drug-likeness (QED) is 0.711. The molecule has 0 spiro atoms. The van der Waals surface area contributed by atoms with Crippen molar-refractivity contribution in [2.45, 2.75) is 39.0 Å². The number of ketones is 1. The van der Waals surface area contributed by atoms with Gasteiger partial charge in [-0.2, -0.15) is 0 Å². The summed E-state index contributed by atoms with van der Waals surface area (Å²) in [6.45, 7) is 6.29. The van der Waals surface area contributed by atoms with Gasteiger partial charge in [0.15, 0.2) is 5.78 Å². The van der Waals surface area contributed by atoms with Gasteiger partial charge in [-0.15, -0.1) is 0 Å². The Morgan fingerprint density at radius 2 is 1.59 bits per heavy atom. The van der Waals surface area contributed by atoms with Crippen molar-refractivity contribution in [2.24, 2.45) is 0 Å². The third kappa shape index (κ3) is 2.41. The van der Waals surface area contributed by atoms with Crippen LogP contribution < -0.4 is 0 Å². The first kappa shape index (κ1) is 14.8. The lowest BCUT2D eigenvalue weighted by molar-refractivity contribution is -0.118. The third-order valence-electron chi connectivity index (χ3n) is 4.96. The minimum Gasteiger partial charge on any atom is -0.294 e. The van der Waals surface area contributed by atoms with Crippen molar-refractivity contribution in [3.63, 3.8) is 0 Å². The molecule has 1 aliphatic carbocycles. The molecule has 0 bridgehead atoms. The summed E-state index contributed by atoms with van der Waals surface area (Å²) in [4.78, 5) is 13.0. The number of hydrogen-bond donors (Lipinski definition) is 0. The van der Waals surface area contributed by atoms with Crippen LogP contribution >= 0.6 is 0 Å². The van der Waals surface area contributed by atoms with E-state index in [0.717, 1.165) is 24.0 Å². The van der Waals surface area contributed by atoms with Gasteiger partial charge >= 0.3 is 0 Å². The second-order valence-corrected chi connectivity index (χ2v) is 6.50. The highest BCUT2D eigenvalue weighted by Crippen LogP contribution is 2.41. The molecule has 0 radical (unpaired) electrons. The van der Waals surface area contributed by atoms with Crippen LogP contribution in [0.1, 0.15) is 42.0 Å². The van der Waals surface area contributed by atoms with Crippen molar-refractivity contribution in [2.75, 3.05) is 0 Å². The zero-order valence-electron chi connectivity index (χ0n) is 13.5. The summed E-state index contributed by atoms with van der Waals surface area (Å²) in [6.07, 6.45) is 3.87. The molecule has 1 saturated carbocycles. The zero-order chi connectivity index (χ0) is 15.7. The molecular weight excluding hydrogens is 268 g/mol.